The minimum atomic E-state index is 0.629. The number of anilines is 6. The topological polar surface area (TPSA) is 24.9 Å². The number of hydrogen-bond acceptors (Lipinski definition) is 4. The lowest BCUT2D eigenvalue weighted by molar-refractivity contribution is 0.266. The summed E-state index contributed by atoms with van der Waals surface area (Å²) < 4.78 is 12.4. The molecule has 0 aliphatic heterocycles. The summed E-state index contributed by atoms with van der Waals surface area (Å²) in [5, 5.41) is 0. The summed E-state index contributed by atoms with van der Waals surface area (Å²) in [4.78, 5) is 4.55. The highest BCUT2D eigenvalue weighted by atomic mass is 16.5. The van der Waals surface area contributed by atoms with Crippen LogP contribution in [0, 0.1) is 0 Å². The van der Waals surface area contributed by atoms with Crippen LogP contribution in [0.1, 0.15) is 12.8 Å². The summed E-state index contributed by atoms with van der Waals surface area (Å²) in [6, 6.07) is 76.0. The standard InChI is InChI=1S/C52H44N2O2/c1-5-19-45(20-6-1)53(46-21-7-2-8-22-46)49-33-29-41(30-34-49)43-17-15-27-51(39-43)55-37-13-14-38-56-52-28-16-18-44(40-52)42-31-35-50(36-32-42)54(47-23-9-3-10-24-47)48-25-11-4-12-26-48/h1-12,15-36,39-40H,13-14,37-38H2. The first-order valence-electron chi connectivity index (χ1n) is 19.3. The molecular weight excluding hydrogens is 685 g/mol. The van der Waals surface area contributed by atoms with E-state index in [4.69, 9.17) is 9.47 Å². The first kappa shape index (κ1) is 36.0. The van der Waals surface area contributed by atoms with E-state index in [-0.39, 0.29) is 0 Å². The maximum atomic E-state index is 6.19. The molecule has 0 aromatic heterocycles. The summed E-state index contributed by atoms with van der Waals surface area (Å²) >= 11 is 0. The summed E-state index contributed by atoms with van der Waals surface area (Å²) in [6.07, 6.45) is 1.79. The van der Waals surface area contributed by atoms with Crippen molar-refractivity contribution in [3.8, 4) is 33.8 Å². The second-order valence-corrected chi connectivity index (χ2v) is 13.6. The van der Waals surface area contributed by atoms with Crippen LogP contribution >= 0.6 is 0 Å². The quantitative estimate of drug-likeness (QED) is 0.0982. The first-order valence-corrected chi connectivity index (χ1v) is 19.3. The average Bonchev–Trinajstić information content (AvgIpc) is 3.27. The Morgan fingerprint density at radius 3 is 0.893 bits per heavy atom. The highest BCUT2D eigenvalue weighted by Crippen LogP contribution is 2.37. The molecule has 56 heavy (non-hydrogen) atoms. The second-order valence-electron chi connectivity index (χ2n) is 13.6. The van der Waals surface area contributed by atoms with Crippen LogP contribution in [0.15, 0.2) is 218 Å². The minimum Gasteiger partial charge on any atom is -0.494 e. The number of benzene rings is 8. The zero-order valence-corrected chi connectivity index (χ0v) is 31.3. The van der Waals surface area contributed by atoms with Gasteiger partial charge in [-0.05, 0) is 132 Å². The molecular formula is C52H44N2O2. The molecule has 0 bridgehead atoms. The number of ether oxygens (including phenoxy) is 2. The number of hydrogen-bond donors (Lipinski definition) is 0. The molecule has 0 N–H and O–H groups in total. The third-order valence-electron chi connectivity index (χ3n) is 9.72. The van der Waals surface area contributed by atoms with Gasteiger partial charge in [-0.3, -0.25) is 0 Å². The SMILES string of the molecule is c1ccc(N(c2ccccc2)c2ccc(-c3cccc(OCCCCOc4cccc(-c5ccc(N(c6ccccc6)c6ccccc6)cc5)c4)c3)cc2)cc1. The van der Waals surface area contributed by atoms with Crippen LogP contribution in [0.4, 0.5) is 34.1 Å². The molecule has 0 amide bonds. The maximum absolute atomic E-state index is 6.19. The van der Waals surface area contributed by atoms with Crippen molar-refractivity contribution in [1.29, 1.82) is 0 Å². The zero-order chi connectivity index (χ0) is 37.8. The van der Waals surface area contributed by atoms with E-state index in [1.54, 1.807) is 0 Å². The van der Waals surface area contributed by atoms with Gasteiger partial charge in [-0.25, -0.2) is 0 Å². The lowest BCUT2D eigenvalue weighted by Gasteiger charge is -2.25. The van der Waals surface area contributed by atoms with E-state index >= 15 is 0 Å². The number of rotatable bonds is 15. The highest BCUT2D eigenvalue weighted by Gasteiger charge is 2.14. The molecule has 274 valence electrons. The van der Waals surface area contributed by atoms with E-state index in [9.17, 15) is 0 Å². The van der Waals surface area contributed by atoms with Gasteiger partial charge in [0, 0.05) is 34.1 Å². The lowest BCUT2D eigenvalue weighted by atomic mass is 10.0. The van der Waals surface area contributed by atoms with Crippen molar-refractivity contribution in [2.75, 3.05) is 23.0 Å². The summed E-state index contributed by atoms with van der Waals surface area (Å²) in [5.41, 5.74) is 11.3. The van der Waals surface area contributed by atoms with E-state index in [0.29, 0.717) is 13.2 Å². The largest absolute Gasteiger partial charge is 0.494 e. The van der Waals surface area contributed by atoms with E-state index in [0.717, 1.165) is 80.7 Å². The van der Waals surface area contributed by atoms with Gasteiger partial charge in [-0.1, -0.05) is 121 Å². The van der Waals surface area contributed by atoms with Gasteiger partial charge >= 0.3 is 0 Å². The van der Waals surface area contributed by atoms with E-state index in [2.05, 4.69) is 192 Å². The molecule has 0 fully saturated rings. The van der Waals surface area contributed by atoms with Gasteiger partial charge in [0.1, 0.15) is 11.5 Å². The van der Waals surface area contributed by atoms with Gasteiger partial charge in [0.15, 0.2) is 0 Å². The van der Waals surface area contributed by atoms with Crippen LogP contribution in [0.2, 0.25) is 0 Å². The molecule has 0 spiro atoms. The molecule has 0 saturated heterocycles. The van der Waals surface area contributed by atoms with Gasteiger partial charge in [-0.15, -0.1) is 0 Å². The Balaban J connectivity index is 0.837. The van der Waals surface area contributed by atoms with Gasteiger partial charge < -0.3 is 19.3 Å². The molecule has 0 heterocycles. The van der Waals surface area contributed by atoms with E-state index in [1.807, 2.05) is 36.4 Å². The normalized spacial score (nSPS) is 10.8. The number of para-hydroxylation sites is 4. The van der Waals surface area contributed by atoms with Crippen LogP contribution in [0.25, 0.3) is 22.3 Å². The van der Waals surface area contributed by atoms with Crippen LogP contribution in [0.5, 0.6) is 11.5 Å². The lowest BCUT2D eigenvalue weighted by Crippen LogP contribution is -2.09. The van der Waals surface area contributed by atoms with Crippen molar-refractivity contribution in [1.82, 2.24) is 0 Å². The fourth-order valence-corrected chi connectivity index (χ4v) is 6.92. The van der Waals surface area contributed by atoms with Crippen molar-refractivity contribution in [3.05, 3.63) is 218 Å². The van der Waals surface area contributed by atoms with Crippen molar-refractivity contribution in [2.24, 2.45) is 0 Å². The third kappa shape index (κ3) is 8.83. The molecule has 8 aromatic rings. The Hall–Kier alpha value is -7.04. The Morgan fingerprint density at radius 2 is 0.571 bits per heavy atom. The van der Waals surface area contributed by atoms with Crippen LogP contribution in [-0.2, 0) is 0 Å². The van der Waals surface area contributed by atoms with Crippen LogP contribution in [-0.4, -0.2) is 13.2 Å². The molecule has 4 heteroatoms. The van der Waals surface area contributed by atoms with Gasteiger partial charge in [0.2, 0.25) is 0 Å². The Bertz CT molecular complexity index is 2150. The molecule has 0 radical (unpaired) electrons. The number of nitrogens with zero attached hydrogens (tertiary/aromatic N) is 2. The summed E-state index contributed by atoms with van der Waals surface area (Å²) in [6.45, 7) is 1.26. The van der Waals surface area contributed by atoms with Crippen molar-refractivity contribution in [3.63, 3.8) is 0 Å². The Morgan fingerprint density at radius 1 is 0.268 bits per heavy atom. The Labute approximate surface area is 330 Å². The molecule has 0 unspecified atom stereocenters. The van der Waals surface area contributed by atoms with Gasteiger partial charge in [-0.2, -0.15) is 0 Å². The monoisotopic (exact) mass is 728 g/mol. The third-order valence-corrected chi connectivity index (χ3v) is 9.72. The number of unbranched alkanes of at least 4 members (excludes halogenated alkanes) is 1. The van der Waals surface area contributed by atoms with Gasteiger partial charge in [0.05, 0.1) is 13.2 Å². The molecule has 0 aliphatic carbocycles. The Kier molecular flexibility index (Phi) is 11.5. The van der Waals surface area contributed by atoms with Crippen molar-refractivity contribution < 1.29 is 9.47 Å². The van der Waals surface area contributed by atoms with E-state index < -0.39 is 0 Å². The summed E-state index contributed by atoms with van der Waals surface area (Å²) in [5.74, 6) is 1.74. The van der Waals surface area contributed by atoms with Crippen LogP contribution in [0.3, 0.4) is 0 Å². The highest BCUT2D eigenvalue weighted by molar-refractivity contribution is 5.80. The van der Waals surface area contributed by atoms with Crippen LogP contribution < -0.4 is 19.3 Å². The van der Waals surface area contributed by atoms with E-state index in [1.165, 1.54) is 0 Å². The molecule has 0 aliphatic rings. The molecule has 8 rings (SSSR count). The second kappa shape index (κ2) is 17.9. The predicted octanol–water partition coefficient (Wildman–Crippen LogP) is 14.2. The average molecular weight is 729 g/mol. The summed E-state index contributed by atoms with van der Waals surface area (Å²) in [7, 11) is 0. The minimum absolute atomic E-state index is 0.629. The molecule has 0 saturated carbocycles. The fraction of sp³-hybridized carbons (Fsp3) is 0.0769. The molecule has 8 aromatic carbocycles. The van der Waals surface area contributed by atoms with Gasteiger partial charge in [0.25, 0.3) is 0 Å². The predicted molar refractivity (Wildman–Crippen MR) is 233 cm³/mol. The van der Waals surface area contributed by atoms with Crippen molar-refractivity contribution in [2.45, 2.75) is 12.8 Å². The molecule has 0 atom stereocenters. The first-order chi connectivity index (χ1) is 27.8. The van der Waals surface area contributed by atoms with Crippen molar-refractivity contribution >= 4 is 34.1 Å². The smallest absolute Gasteiger partial charge is 0.119 e. The molecule has 4 nitrogen and oxygen atoms in total. The maximum Gasteiger partial charge on any atom is 0.119 e. The zero-order valence-electron chi connectivity index (χ0n) is 31.3. The fourth-order valence-electron chi connectivity index (χ4n) is 6.92.